The van der Waals surface area contributed by atoms with Crippen molar-refractivity contribution in [1.29, 1.82) is 0 Å². The van der Waals surface area contributed by atoms with Crippen LogP contribution in [0.4, 0.5) is 11.4 Å². The minimum Gasteiger partial charge on any atom is -0.293 e. The Hall–Kier alpha value is -3.60. The first-order valence-electron chi connectivity index (χ1n) is 8.42. The average Bonchev–Trinajstić information content (AvgIpc) is 2.99. The Bertz CT molecular complexity index is 1030. The molecule has 2 heterocycles. The molecule has 0 radical (unpaired) electrons. The summed E-state index contributed by atoms with van der Waals surface area (Å²) in [6.45, 7) is 0. The molecule has 1 unspecified atom stereocenters. The molecule has 126 valence electrons. The second kappa shape index (κ2) is 5.46. The number of nitrogens with one attached hydrogen (secondary N) is 1. The van der Waals surface area contributed by atoms with E-state index in [-0.39, 0.29) is 11.8 Å². The van der Waals surface area contributed by atoms with Gasteiger partial charge in [0.1, 0.15) is 0 Å². The number of carbonyl (C=O) groups excluding carboxylic acids is 2. The van der Waals surface area contributed by atoms with Crippen LogP contribution in [0.25, 0.3) is 0 Å². The quantitative estimate of drug-likeness (QED) is 0.771. The van der Waals surface area contributed by atoms with Crippen molar-refractivity contribution in [3.8, 4) is 0 Å². The van der Waals surface area contributed by atoms with Gasteiger partial charge in [-0.3, -0.25) is 19.9 Å². The Labute approximate surface area is 150 Å². The highest BCUT2D eigenvalue weighted by Crippen LogP contribution is 2.44. The number of hydrogen-bond acceptors (Lipinski definition) is 3. The fourth-order valence-electron chi connectivity index (χ4n) is 3.66. The van der Waals surface area contributed by atoms with Crippen LogP contribution in [0, 0.1) is 0 Å². The van der Waals surface area contributed by atoms with Crippen LogP contribution in [0.2, 0.25) is 0 Å². The number of amides is 2. The summed E-state index contributed by atoms with van der Waals surface area (Å²) in [5, 5.41) is 1.54. The van der Waals surface area contributed by atoms with E-state index in [1.165, 1.54) is 0 Å². The van der Waals surface area contributed by atoms with Gasteiger partial charge in [0, 0.05) is 11.1 Å². The first kappa shape index (κ1) is 14.7. The fourth-order valence-corrected chi connectivity index (χ4v) is 3.66. The molecule has 0 aromatic heterocycles. The molecule has 5 heteroatoms. The Morgan fingerprint density at radius 3 is 2.15 bits per heavy atom. The molecule has 0 aliphatic carbocycles. The number of nitrogens with zero attached hydrogens (tertiary/aromatic N) is 2. The lowest BCUT2D eigenvalue weighted by molar-refractivity contribution is 0.0700. The van der Waals surface area contributed by atoms with E-state index in [1.807, 2.05) is 72.8 Å². The zero-order valence-electron chi connectivity index (χ0n) is 13.8. The summed E-state index contributed by atoms with van der Waals surface area (Å²) < 4.78 is 0. The van der Waals surface area contributed by atoms with E-state index in [9.17, 15) is 9.59 Å². The van der Waals surface area contributed by atoms with Crippen LogP contribution in [0.5, 0.6) is 0 Å². The third-order valence-corrected chi connectivity index (χ3v) is 4.81. The third kappa shape index (κ3) is 1.97. The molecule has 26 heavy (non-hydrogen) atoms. The van der Waals surface area contributed by atoms with Gasteiger partial charge in [-0.05, 0) is 30.3 Å². The molecule has 0 saturated heterocycles. The van der Waals surface area contributed by atoms with Gasteiger partial charge in [0.25, 0.3) is 11.8 Å². The molecule has 5 rings (SSSR count). The fraction of sp³-hybridized carbons (Fsp3) is 0.0476. The highest BCUT2D eigenvalue weighted by Gasteiger charge is 2.48. The van der Waals surface area contributed by atoms with Crippen LogP contribution in [-0.2, 0) is 0 Å². The Morgan fingerprint density at radius 1 is 0.692 bits per heavy atom. The third-order valence-electron chi connectivity index (χ3n) is 4.81. The van der Waals surface area contributed by atoms with Crippen molar-refractivity contribution in [1.82, 2.24) is 5.01 Å². The number of benzene rings is 3. The standard InChI is InChI=1S/C21H15N3O2/c25-20-16-11-5-4-10-15(16)19-23(20)18-13-7-6-12-17(18)21(26)24(19)22-14-8-2-1-3-9-14/h1-13,19,22H. The SMILES string of the molecule is O=C1c2ccccc2N2C(=O)c3ccccc3C2N1Nc1ccccc1. The summed E-state index contributed by atoms with van der Waals surface area (Å²) in [5.41, 5.74) is 6.59. The van der Waals surface area contributed by atoms with Crippen molar-refractivity contribution in [3.63, 3.8) is 0 Å². The number of rotatable bonds is 2. The number of hydrogen-bond donors (Lipinski definition) is 1. The van der Waals surface area contributed by atoms with E-state index in [0.29, 0.717) is 16.8 Å². The van der Waals surface area contributed by atoms with Crippen molar-refractivity contribution < 1.29 is 9.59 Å². The van der Waals surface area contributed by atoms with Gasteiger partial charge < -0.3 is 0 Å². The first-order valence-corrected chi connectivity index (χ1v) is 8.42. The molecule has 2 aliphatic heterocycles. The van der Waals surface area contributed by atoms with E-state index in [4.69, 9.17) is 0 Å². The molecule has 2 aliphatic rings. The van der Waals surface area contributed by atoms with Crippen LogP contribution >= 0.6 is 0 Å². The van der Waals surface area contributed by atoms with Crippen molar-refractivity contribution in [2.24, 2.45) is 0 Å². The Balaban J connectivity index is 1.70. The lowest BCUT2D eigenvalue weighted by Gasteiger charge is -2.40. The van der Waals surface area contributed by atoms with Crippen molar-refractivity contribution in [2.45, 2.75) is 6.17 Å². The number of para-hydroxylation sites is 2. The number of carbonyl (C=O) groups is 2. The Kier molecular flexibility index (Phi) is 3.09. The predicted octanol–water partition coefficient (Wildman–Crippen LogP) is 3.83. The lowest BCUT2D eigenvalue weighted by Crippen LogP contribution is -2.50. The molecule has 0 spiro atoms. The molecule has 0 fully saturated rings. The van der Waals surface area contributed by atoms with Crippen molar-refractivity contribution >= 4 is 23.2 Å². The highest BCUT2D eigenvalue weighted by atomic mass is 16.2. The summed E-state index contributed by atoms with van der Waals surface area (Å²) in [6, 6.07) is 24.2. The van der Waals surface area contributed by atoms with Gasteiger partial charge >= 0.3 is 0 Å². The van der Waals surface area contributed by atoms with E-state index in [0.717, 1.165) is 11.3 Å². The molecule has 0 bridgehead atoms. The summed E-state index contributed by atoms with van der Waals surface area (Å²) in [7, 11) is 0. The van der Waals surface area contributed by atoms with Gasteiger partial charge in [-0.2, -0.15) is 0 Å². The zero-order valence-corrected chi connectivity index (χ0v) is 13.8. The summed E-state index contributed by atoms with van der Waals surface area (Å²) >= 11 is 0. The maximum absolute atomic E-state index is 13.2. The second-order valence-electron chi connectivity index (χ2n) is 6.31. The van der Waals surface area contributed by atoms with Gasteiger partial charge in [0.15, 0.2) is 6.17 Å². The van der Waals surface area contributed by atoms with E-state index in [2.05, 4.69) is 5.43 Å². The Morgan fingerprint density at radius 2 is 1.35 bits per heavy atom. The minimum absolute atomic E-state index is 0.0922. The van der Waals surface area contributed by atoms with E-state index < -0.39 is 6.17 Å². The minimum atomic E-state index is -0.513. The van der Waals surface area contributed by atoms with Crippen LogP contribution < -0.4 is 10.3 Å². The van der Waals surface area contributed by atoms with Gasteiger partial charge in [-0.25, -0.2) is 5.01 Å². The monoisotopic (exact) mass is 341 g/mol. The van der Waals surface area contributed by atoms with Crippen molar-refractivity contribution in [2.75, 3.05) is 10.3 Å². The molecule has 0 saturated carbocycles. The van der Waals surface area contributed by atoms with Crippen LogP contribution in [0.1, 0.15) is 32.4 Å². The van der Waals surface area contributed by atoms with Gasteiger partial charge in [-0.1, -0.05) is 48.5 Å². The van der Waals surface area contributed by atoms with Gasteiger partial charge in [0.2, 0.25) is 0 Å². The van der Waals surface area contributed by atoms with E-state index >= 15 is 0 Å². The number of hydrazine groups is 1. The lowest BCUT2D eigenvalue weighted by atomic mass is 10.0. The maximum Gasteiger partial charge on any atom is 0.276 e. The molecule has 5 nitrogen and oxygen atoms in total. The largest absolute Gasteiger partial charge is 0.293 e. The number of anilines is 2. The van der Waals surface area contributed by atoms with Crippen LogP contribution in [-0.4, -0.2) is 16.8 Å². The molecule has 2 amide bonds. The molecule has 3 aromatic rings. The summed E-state index contributed by atoms with van der Waals surface area (Å²) in [6.07, 6.45) is -0.513. The normalized spacial score (nSPS) is 17.6. The average molecular weight is 341 g/mol. The molecule has 3 aromatic carbocycles. The highest BCUT2D eigenvalue weighted by molar-refractivity contribution is 6.16. The second-order valence-corrected chi connectivity index (χ2v) is 6.31. The van der Waals surface area contributed by atoms with Crippen LogP contribution in [0.3, 0.4) is 0 Å². The van der Waals surface area contributed by atoms with Gasteiger partial charge in [0.05, 0.1) is 16.9 Å². The topological polar surface area (TPSA) is 52.7 Å². The first-order chi connectivity index (χ1) is 12.8. The predicted molar refractivity (Wildman–Crippen MR) is 98.7 cm³/mol. The smallest absolute Gasteiger partial charge is 0.276 e. The maximum atomic E-state index is 13.2. The molecular weight excluding hydrogens is 326 g/mol. The van der Waals surface area contributed by atoms with Crippen LogP contribution in [0.15, 0.2) is 78.9 Å². The molecular formula is C21H15N3O2. The molecule has 1 atom stereocenters. The zero-order chi connectivity index (χ0) is 17.7. The van der Waals surface area contributed by atoms with E-state index in [1.54, 1.807) is 16.0 Å². The summed E-state index contributed by atoms with van der Waals surface area (Å²) in [5.74, 6) is -0.249. The van der Waals surface area contributed by atoms with Gasteiger partial charge in [-0.15, -0.1) is 0 Å². The van der Waals surface area contributed by atoms with Crippen molar-refractivity contribution in [3.05, 3.63) is 95.6 Å². The summed E-state index contributed by atoms with van der Waals surface area (Å²) in [4.78, 5) is 28.0. The molecule has 1 N–H and O–H groups in total. The number of fused-ring (bicyclic) bond motifs is 5.